The summed E-state index contributed by atoms with van der Waals surface area (Å²) in [5, 5.41) is 0. The van der Waals surface area contributed by atoms with Gasteiger partial charge in [-0.2, -0.15) is 0 Å². The van der Waals surface area contributed by atoms with Gasteiger partial charge in [-0.1, -0.05) is 0 Å². The number of aromatic amines is 4. The van der Waals surface area contributed by atoms with Gasteiger partial charge in [-0.15, -0.1) is 0 Å². The second-order valence-electron chi connectivity index (χ2n) is 2.99. The molecular formula is C8H6N4O4. The average Bonchev–Trinajstić information content (AvgIpc) is 2.15. The predicted octanol–water partition coefficient (Wildman–Crippen LogP) is -1.89. The first-order valence-corrected chi connectivity index (χ1v) is 4.22. The zero-order valence-electron chi connectivity index (χ0n) is 7.79. The van der Waals surface area contributed by atoms with Crippen LogP contribution in [0.2, 0.25) is 0 Å². The van der Waals surface area contributed by atoms with E-state index in [1.807, 2.05) is 9.97 Å². The molecule has 0 saturated carbocycles. The maximum Gasteiger partial charge on any atom is 0.326 e. The average molecular weight is 222 g/mol. The largest absolute Gasteiger partial charge is 0.326 e. The van der Waals surface area contributed by atoms with Crippen molar-refractivity contribution in [3.05, 3.63) is 53.9 Å². The van der Waals surface area contributed by atoms with Gasteiger partial charge in [0.15, 0.2) is 0 Å². The molecule has 16 heavy (non-hydrogen) atoms. The van der Waals surface area contributed by atoms with Gasteiger partial charge in [-0.3, -0.25) is 19.6 Å². The third-order valence-electron chi connectivity index (χ3n) is 1.87. The van der Waals surface area contributed by atoms with Gasteiger partial charge >= 0.3 is 11.4 Å². The zero-order chi connectivity index (χ0) is 11.7. The highest BCUT2D eigenvalue weighted by molar-refractivity contribution is 5.55. The standard InChI is InChI=1S/C8H6N4O4/c13-5-1-4(10-8(16)11-5)3-2-9-7(15)12-6(3)14/h1-2H,(H2,9,12,14,15)(H2,10,11,13,16). The summed E-state index contributed by atoms with van der Waals surface area (Å²) >= 11 is 0. The van der Waals surface area contributed by atoms with E-state index in [-0.39, 0.29) is 11.3 Å². The van der Waals surface area contributed by atoms with Crippen molar-refractivity contribution in [2.24, 2.45) is 0 Å². The molecule has 0 spiro atoms. The van der Waals surface area contributed by atoms with E-state index in [1.54, 1.807) is 0 Å². The smallest absolute Gasteiger partial charge is 0.313 e. The van der Waals surface area contributed by atoms with Crippen molar-refractivity contribution in [2.75, 3.05) is 0 Å². The molecule has 0 saturated heterocycles. The van der Waals surface area contributed by atoms with Gasteiger partial charge in [0, 0.05) is 12.3 Å². The molecule has 0 aliphatic heterocycles. The molecule has 8 heteroatoms. The number of H-pyrrole nitrogens is 4. The minimum Gasteiger partial charge on any atom is -0.313 e. The van der Waals surface area contributed by atoms with Crippen LogP contribution in [0.1, 0.15) is 0 Å². The molecule has 0 aromatic carbocycles. The third kappa shape index (κ3) is 1.75. The normalized spacial score (nSPS) is 10.2. The molecular weight excluding hydrogens is 216 g/mol. The highest BCUT2D eigenvalue weighted by Crippen LogP contribution is 2.03. The molecule has 2 heterocycles. The van der Waals surface area contributed by atoms with E-state index in [9.17, 15) is 19.2 Å². The molecule has 82 valence electrons. The van der Waals surface area contributed by atoms with E-state index in [0.717, 1.165) is 12.3 Å². The van der Waals surface area contributed by atoms with Crippen LogP contribution in [0.3, 0.4) is 0 Å². The summed E-state index contributed by atoms with van der Waals surface area (Å²) in [6.45, 7) is 0. The number of aromatic nitrogens is 4. The molecule has 2 aromatic rings. The van der Waals surface area contributed by atoms with Crippen molar-refractivity contribution in [2.45, 2.75) is 0 Å². The lowest BCUT2D eigenvalue weighted by Crippen LogP contribution is -2.26. The molecule has 2 aromatic heterocycles. The van der Waals surface area contributed by atoms with Crippen LogP contribution in [-0.4, -0.2) is 19.9 Å². The lowest BCUT2D eigenvalue weighted by atomic mass is 10.2. The summed E-state index contributed by atoms with van der Waals surface area (Å²) < 4.78 is 0. The summed E-state index contributed by atoms with van der Waals surface area (Å²) in [6.07, 6.45) is 1.12. The molecule has 0 fully saturated rings. The number of rotatable bonds is 1. The summed E-state index contributed by atoms with van der Waals surface area (Å²) in [4.78, 5) is 52.5. The SMILES string of the molecule is O=c1cc(-c2c[nH]c(=O)[nH]c2=O)[nH]c(=O)[nH]1. The Kier molecular flexibility index (Phi) is 2.16. The van der Waals surface area contributed by atoms with Gasteiger partial charge in [0.2, 0.25) is 0 Å². The Balaban J connectivity index is 2.77. The summed E-state index contributed by atoms with van der Waals surface area (Å²) in [7, 11) is 0. The first-order chi connectivity index (χ1) is 7.56. The van der Waals surface area contributed by atoms with Crippen LogP contribution < -0.4 is 22.5 Å². The van der Waals surface area contributed by atoms with Crippen molar-refractivity contribution < 1.29 is 0 Å². The molecule has 0 unspecified atom stereocenters. The van der Waals surface area contributed by atoms with Gasteiger partial charge in [0.05, 0.1) is 11.3 Å². The monoisotopic (exact) mass is 222 g/mol. The van der Waals surface area contributed by atoms with Crippen LogP contribution in [0.25, 0.3) is 11.3 Å². The van der Waals surface area contributed by atoms with Crippen LogP contribution in [0.15, 0.2) is 31.4 Å². The Bertz CT molecular complexity index is 719. The lowest BCUT2D eigenvalue weighted by Gasteiger charge is -1.97. The first-order valence-electron chi connectivity index (χ1n) is 4.22. The number of nitrogens with one attached hydrogen (secondary N) is 4. The number of hydrogen-bond donors (Lipinski definition) is 4. The fourth-order valence-corrected chi connectivity index (χ4v) is 1.22. The van der Waals surface area contributed by atoms with Gasteiger partial charge in [0.25, 0.3) is 11.1 Å². The van der Waals surface area contributed by atoms with Crippen LogP contribution >= 0.6 is 0 Å². The Morgan fingerprint density at radius 2 is 1.62 bits per heavy atom. The highest BCUT2D eigenvalue weighted by atomic mass is 16.2. The fraction of sp³-hybridized carbons (Fsp3) is 0. The Morgan fingerprint density at radius 1 is 0.875 bits per heavy atom. The molecule has 4 N–H and O–H groups in total. The molecule has 0 radical (unpaired) electrons. The second-order valence-corrected chi connectivity index (χ2v) is 2.99. The first kappa shape index (κ1) is 9.90. The van der Waals surface area contributed by atoms with Crippen molar-refractivity contribution in [1.82, 2.24) is 19.9 Å². The molecule has 0 bridgehead atoms. The van der Waals surface area contributed by atoms with E-state index < -0.39 is 22.5 Å². The molecule has 0 aliphatic carbocycles. The Morgan fingerprint density at radius 3 is 2.25 bits per heavy atom. The molecule has 2 rings (SSSR count). The molecule has 0 amide bonds. The van der Waals surface area contributed by atoms with Crippen molar-refractivity contribution in [3.8, 4) is 11.3 Å². The van der Waals surface area contributed by atoms with Crippen molar-refractivity contribution >= 4 is 0 Å². The molecule has 0 aliphatic rings. The fourth-order valence-electron chi connectivity index (χ4n) is 1.22. The van der Waals surface area contributed by atoms with Crippen molar-refractivity contribution in [3.63, 3.8) is 0 Å². The second kappa shape index (κ2) is 3.50. The van der Waals surface area contributed by atoms with Gasteiger partial charge < -0.3 is 9.97 Å². The number of hydrogen-bond acceptors (Lipinski definition) is 4. The predicted molar refractivity (Wildman–Crippen MR) is 54.4 cm³/mol. The molecule has 0 atom stereocenters. The Labute approximate surface area is 86.0 Å². The van der Waals surface area contributed by atoms with E-state index >= 15 is 0 Å². The van der Waals surface area contributed by atoms with E-state index in [4.69, 9.17) is 0 Å². The van der Waals surface area contributed by atoms with E-state index in [0.29, 0.717) is 0 Å². The van der Waals surface area contributed by atoms with E-state index in [1.165, 1.54) is 0 Å². The highest BCUT2D eigenvalue weighted by Gasteiger charge is 2.05. The Hall–Kier alpha value is -2.64. The van der Waals surface area contributed by atoms with E-state index in [2.05, 4.69) is 9.97 Å². The third-order valence-corrected chi connectivity index (χ3v) is 1.87. The van der Waals surface area contributed by atoms with Crippen LogP contribution in [0.4, 0.5) is 0 Å². The van der Waals surface area contributed by atoms with Crippen LogP contribution in [0.5, 0.6) is 0 Å². The minimum absolute atomic E-state index is 0.00259. The quantitative estimate of drug-likeness (QED) is 0.449. The summed E-state index contributed by atoms with van der Waals surface area (Å²) in [5.74, 6) is 0. The topological polar surface area (TPSA) is 131 Å². The summed E-state index contributed by atoms with van der Waals surface area (Å²) in [5.41, 5.74) is -2.68. The maximum atomic E-state index is 11.4. The summed E-state index contributed by atoms with van der Waals surface area (Å²) in [6, 6.07) is 1.05. The minimum atomic E-state index is -0.729. The lowest BCUT2D eigenvalue weighted by molar-refractivity contribution is 1.01. The van der Waals surface area contributed by atoms with Gasteiger partial charge in [-0.25, -0.2) is 9.59 Å². The van der Waals surface area contributed by atoms with Gasteiger partial charge in [0.1, 0.15) is 0 Å². The maximum absolute atomic E-state index is 11.4. The van der Waals surface area contributed by atoms with Gasteiger partial charge in [-0.05, 0) is 0 Å². The van der Waals surface area contributed by atoms with Crippen LogP contribution in [-0.2, 0) is 0 Å². The van der Waals surface area contributed by atoms with Crippen LogP contribution in [0, 0.1) is 0 Å². The molecule has 8 nitrogen and oxygen atoms in total. The zero-order valence-corrected chi connectivity index (χ0v) is 7.79. The van der Waals surface area contributed by atoms with Crippen molar-refractivity contribution in [1.29, 1.82) is 0 Å².